The van der Waals surface area contributed by atoms with Crippen LogP contribution < -0.4 is 11.2 Å². The van der Waals surface area contributed by atoms with E-state index >= 15 is 4.39 Å². The van der Waals surface area contributed by atoms with E-state index in [4.69, 9.17) is 23.5 Å². The van der Waals surface area contributed by atoms with Gasteiger partial charge in [-0.15, -0.1) is 0 Å². The van der Waals surface area contributed by atoms with Crippen LogP contribution in [0.5, 0.6) is 0 Å². The molecule has 2 N–H and O–H groups in total. The van der Waals surface area contributed by atoms with Crippen molar-refractivity contribution in [3.05, 3.63) is 141 Å². The van der Waals surface area contributed by atoms with Gasteiger partial charge in [0.15, 0.2) is 22.7 Å². The Bertz CT molecular complexity index is 2100. The van der Waals surface area contributed by atoms with Crippen molar-refractivity contribution in [2.75, 3.05) is 31.8 Å². The van der Waals surface area contributed by atoms with Crippen LogP contribution in [-0.2, 0) is 38.4 Å². The van der Waals surface area contributed by atoms with E-state index in [1.807, 2.05) is 91.0 Å². The van der Waals surface area contributed by atoms with Gasteiger partial charge in [0.25, 0.3) is 5.56 Å². The van der Waals surface area contributed by atoms with Crippen LogP contribution in [0.4, 0.5) is 4.39 Å². The van der Waals surface area contributed by atoms with Crippen molar-refractivity contribution in [1.29, 1.82) is 0 Å². The summed E-state index contributed by atoms with van der Waals surface area (Å²) in [5.41, 5.74) is -4.19. The van der Waals surface area contributed by atoms with Gasteiger partial charge in [-0.3, -0.25) is 23.7 Å². The Morgan fingerprint density at radius 1 is 0.947 bits per heavy atom. The van der Waals surface area contributed by atoms with E-state index in [0.717, 1.165) is 51.9 Å². The molecule has 2 aliphatic heterocycles. The summed E-state index contributed by atoms with van der Waals surface area (Å²) in [5, 5.41) is -0.256. The molecule has 57 heavy (non-hydrogen) atoms. The van der Waals surface area contributed by atoms with Gasteiger partial charge in [0.2, 0.25) is 0 Å². The quantitative estimate of drug-likeness (QED) is 0.0971. The maximum absolute atomic E-state index is 15.3. The van der Waals surface area contributed by atoms with E-state index in [9.17, 15) is 23.8 Å². The van der Waals surface area contributed by atoms with E-state index in [1.54, 1.807) is 20.8 Å². The molecule has 304 valence electrons. The van der Waals surface area contributed by atoms with E-state index in [-0.39, 0.29) is 17.5 Å². The number of alkyl halides is 1. The lowest BCUT2D eigenvalue weighted by Crippen LogP contribution is -2.51. The average Bonchev–Trinajstić information content (AvgIpc) is 3.86. The molecular weight excluding hydrogens is 775 g/mol. The zero-order valence-electron chi connectivity index (χ0n) is 32.1. The van der Waals surface area contributed by atoms with Crippen molar-refractivity contribution in [2.45, 2.75) is 81.4 Å². The minimum absolute atomic E-state index is 0.0183. The number of nitrogens with zero attached hydrogens (tertiary/aromatic N) is 1. The molecule has 1 spiro atoms. The van der Waals surface area contributed by atoms with Gasteiger partial charge in [0.1, 0.15) is 24.0 Å². The van der Waals surface area contributed by atoms with Crippen LogP contribution >= 0.6 is 19.4 Å². The molecule has 5 atom stereocenters. The Kier molecular flexibility index (Phi) is 11.7. The Morgan fingerprint density at radius 3 is 2.04 bits per heavy atom. The summed E-state index contributed by atoms with van der Waals surface area (Å²) in [6, 6.07) is 30.6. The maximum atomic E-state index is 15.3. The normalized spacial score (nSPS) is 25.4. The predicted molar refractivity (Wildman–Crippen MR) is 213 cm³/mol. The minimum atomic E-state index is -4.43. The summed E-state index contributed by atoms with van der Waals surface area (Å²) in [7, 11) is -4.43. The second kappa shape index (κ2) is 16.1. The van der Waals surface area contributed by atoms with Crippen LogP contribution in [0.3, 0.4) is 0 Å². The fraction of sp³-hybridized carbons (Fsp3) is 0.452. The number of aromatic amines is 1. The molecule has 3 fully saturated rings. The van der Waals surface area contributed by atoms with Crippen molar-refractivity contribution >= 4 is 24.5 Å². The molecule has 7 rings (SSSR count). The highest BCUT2D eigenvalue weighted by Crippen LogP contribution is 2.59. The number of carbonyl (C=O) groups excluding carboxylic acids is 1. The van der Waals surface area contributed by atoms with E-state index in [2.05, 4.69) is 4.98 Å². The van der Waals surface area contributed by atoms with E-state index < -0.39 is 78.6 Å². The first kappa shape index (κ1) is 41.4. The minimum Gasteiger partial charge on any atom is -0.360 e. The lowest BCUT2D eigenvalue weighted by Gasteiger charge is -2.38. The molecule has 4 aromatic rings. The van der Waals surface area contributed by atoms with Gasteiger partial charge in [-0.2, -0.15) is 0 Å². The van der Waals surface area contributed by atoms with Crippen LogP contribution in [0, 0.1) is 5.41 Å². The Labute approximate surface area is 334 Å². The molecule has 3 heterocycles. The number of halogens is 1. The number of hydrogen-bond acceptors (Lipinski definition) is 10. The molecule has 0 bridgehead atoms. The fourth-order valence-corrected chi connectivity index (χ4v) is 10.7. The molecule has 2 saturated heterocycles. The summed E-state index contributed by atoms with van der Waals surface area (Å²) in [6.45, 7) is 3.30. The van der Waals surface area contributed by atoms with Crippen LogP contribution in [0.2, 0.25) is 0 Å². The van der Waals surface area contributed by atoms with Crippen LogP contribution in [0.25, 0.3) is 0 Å². The number of H-pyrrole nitrogens is 1. The van der Waals surface area contributed by atoms with Crippen molar-refractivity contribution in [3.63, 3.8) is 0 Å². The monoisotopic (exact) mass is 822 g/mol. The molecule has 1 aromatic heterocycles. The largest absolute Gasteiger partial charge is 0.360 e. The first-order valence-corrected chi connectivity index (χ1v) is 21.8. The summed E-state index contributed by atoms with van der Waals surface area (Å²) >= 11 is 0.891. The summed E-state index contributed by atoms with van der Waals surface area (Å²) in [6.07, 6.45) is 1.11. The lowest BCUT2D eigenvalue weighted by molar-refractivity contribution is -0.252. The Morgan fingerprint density at radius 2 is 1.51 bits per heavy atom. The van der Waals surface area contributed by atoms with Crippen molar-refractivity contribution < 1.29 is 42.1 Å². The third kappa shape index (κ3) is 8.03. The van der Waals surface area contributed by atoms with Crippen LogP contribution in [-0.4, -0.2) is 74.5 Å². The first-order valence-electron chi connectivity index (χ1n) is 19.1. The summed E-state index contributed by atoms with van der Waals surface area (Å²) < 4.78 is 61.5. The Hall–Kier alpha value is -3.72. The number of benzene rings is 3. The number of fused-ring (bicyclic) bond motifs is 1. The molecular formula is C42H48FN2O10PS. The second-order valence-electron chi connectivity index (χ2n) is 15.8. The molecule has 3 aromatic carbocycles. The molecule has 1 aliphatic carbocycles. The molecule has 12 nitrogen and oxygen atoms in total. The predicted octanol–water partition coefficient (Wildman–Crippen LogP) is 6.71. The van der Waals surface area contributed by atoms with Gasteiger partial charge >= 0.3 is 13.3 Å². The molecule has 1 unspecified atom stereocenters. The van der Waals surface area contributed by atoms with Gasteiger partial charge in [0, 0.05) is 30.9 Å². The van der Waals surface area contributed by atoms with Gasteiger partial charge in [0.05, 0.1) is 24.8 Å². The SMILES string of the molecule is CC(C)(COC(c1ccccc1)(c1ccccc1)c1ccccc1)C(=O)SCCP(=O)(O)OC[C@@]1(CF)O[C@@H](n2ccc(=O)[nH]c2=O)[C@]2(C)OC3(CCCC3)O[C@H]12. The standard InChI is InChI=1S/C42H48FN2O10PS/c1-38(2,28-51-42(30-15-7-4-8-16-30,31-17-9-5-10-18-31)32-19-11-6-12-20-32)36(47)57-26-25-56(49,50)52-29-40(27-43)34-39(3,55-41(53-34)22-13-14-23-41)35(54-40)45-24-21-33(46)44-37(45)48/h4-12,15-21,24,34-35H,13-14,22-23,25-29H2,1-3H3,(H,49,50)(H,44,46,48)/t34-,35+,39+,40+/m0/s1. The number of thioether (sulfide) groups is 1. The average molecular weight is 823 g/mol. The number of carbonyl (C=O) groups is 1. The second-order valence-corrected chi connectivity index (χ2v) is 18.9. The van der Waals surface area contributed by atoms with E-state index in [1.165, 1.54) is 6.20 Å². The molecule has 15 heteroatoms. The Balaban J connectivity index is 1.03. The number of nitrogens with one attached hydrogen (secondary N) is 1. The number of rotatable bonds is 15. The van der Waals surface area contributed by atoms with Gasteiger partial charge in [-0.25, -0.2) is 9.18 Å². The highest BCUT2D eigenvalue weighted by atomic mass is 32.2. The van der Waals surface area contributed by atoms with Crippen molar-refractivity contribution in [1.82, 2.24) is 9.55 Å². The third-order valence-electron chi connectivity index (χ3n) is 11.1. The topological polar surface area (TPSA) is 155 Å². The number of hydrogen-bond donors (Lipinski definition) is 2. The first-order chi connectivity index (χ1) is 27.2. The van der Waals surface area contributed by atoms with Crippen LogP contribution in [0.1, 0.15) is 69.4 Å². The van der Waals surface area contributed by atoms with Gasteiger partial charge in [-0.1, -0.05) is 103 Å². The highest BCUT2D eigenvalue weighted by molar-refractivity contribution is 8.13. The molecule has 3 aliphatic rings. The lowest BCUT2D eigenvalue weighted by atomic mass is 9.79. The van der Waals surface area contributed by atoms with Gasteiger partial charge < -0.3 is 28.4 Å². The molecule has 0 radical (unpaired) electrons. The summed E-state index contributed by atoms with van der Waals surface area (Å²) in [4.78, 5) is 51.7. The highest BCUT2D eigenvalue weighted by Gasteiger charge is 2.72. The zero-order chi connectivity index (χ0) is 40.5. The number of ether oxygens (including phenoxy) is 4. The van der Waals surface area contributed by atoms with Crippen LogP contribution in [0.15, 0.2) is 113 Å². The van der Waals surface area contributed by atoms with E-state index in [0.29, 0.717) is 12.8 Å². The zero-order valence-corrected chi connectivity index (χ0v) is 33.8. The van der Waals surface area contributed by atoms with Crippen molar-refractivity contribution in [3.8, 4) is 0 Å². The molecule has 1 saturated carbocycles. The van der Waals surface area contributed by atoms with Crippen molar-refractivity contribution in [2.24, 2.45) is 5.41 Å². The molecule has 0 amide bonds. The summed E-state index contributed by atoms with van der Waals surface area (Å²) in [5.74, 6) is -1.12. The third-order valence-corrected chi connectivity index (χ3v) is 14.0. The fourth-order valence-electron chi connectivity index (χ4n) is 8.19. The number of aromatic nitrogens is 2. The van der Waals surface area contributed by atoms with Gasteiger partial charge in [-0.05, 0) is 50.3 Å². The maximum Gasteiger partial charge on any atom is 0.330 e. The smallest absolute Gasteiger partial charge is 0.330 e.